The van der Waals surface area contributed by atoms with E-state index in [0.29, 0.717) is 0 Å². The molecule has 2 aromatic carbocycles. The van der Waals surface area contributed by atoms with E-state index in [1.807, 2.05) is 6.07 Å². The Kier molecular flexibility index (Phi) is 4.59. The van der Waals surface area contributed by atoms with Crippen LogP contribution in [-0.2, 0) is 6.42 Å². The quantitative estimate of drug-likeness (QED) is 0.787. The molecule has 0 saturated heterocycles. The van der Waals surface area contributed by atoms with Gasteiger partial charge >= 0.3 is 0 Å². The van der Waals surface area contributed by atoms with Crippen LogP contribution in [0.4, 0.5) is 0 Å². The standard InChI is InChI=1S/C16H20O2/c1-18-16-12-14-8-5-4-7-13(14)11-15(16)9-3-2-6-10-17/h4-5,7-8,11-12,17H,2-3,6,9-10H2,1H3. The van der Waals surface area contributed by atoms with Crippen molar-refractivity contribution in [2.75, 3.05) is 13.7 Å². The average molecular weight is 244 g/mol. The Bertz CT molecular complexity index is 505. The lowest BCUT2D eigenvalue weighted by Gasteiger charge is -2.10. The van der Waals surface area contributed by atoms with E-state index in [0.717, 1.165) is 31.4 Å². The molecule has 0 atom stereocenters. The largest absolute Gasteiger partial charge is 0.496 e. The lowest BCUT2D eigenvalue weighted by atomic mass is 10.0. The molecule has 0 radical (unpaired) electrons. The molecular formula is C16H20O2. The normalized spacial score (nSPS) is 10.8. The lowest BCUT2D eigenvalue weighted by molar-refractivity contribution is 0.283. The Labute approximate surface area is 108 Å². The highest BCUT2D eigenvalue weighted by atomic mass is 16.5. The first-order chi connectivity index (χ1) is 8.85. The number of benzene rings is 2. The molecule has 96 valence electrons. The second-order valence-corrected chi connectivity index (χ2v) is 4.55. The fraction of sp³-hybridized carbons (Fsp3) is 0.375. The first-order valence-electron chi connectivity index (χ1n) is 6.51. The van der Waals surface area contributed by atoms with E-state index in [-0.39, 0.29) is 6.61 Å². The van der Waals surface area contributed by atoms with Gasteiger partial charge in [-0.05, 0) is 47.7 Å². The molecule has 0 saturated carbocycles. The molecule has 0 aliphatic heterocycles. The third-order valence-electron chi connectivity index (χ3n) is 3.25. The lowest BCUT2D eigenvalue weighted by Crippen LogP contribution is -1.94. The molecule has 0 aromatic heterocycles. The van der Waals surface area contributed by atoms with Gasteiger partial charge in [0.2, 0.25) is 0 Å². The molecule has 2 heteroatoms. The molecular weight excluding hydrogens is 224 g/mol. The zero-order chi connectivity index (χ0) is 12.8. The summed E-state index contributed by atoms with van der Waals surface area (Å²) in [6.07, 6.45) is 4.05. The van der Waals surface area contributed by atoms with E-state index in [1.54, 1.807) is 7.11 Å². The number of aliphatic hydroxyl groups is 1. The number of hydrogen-bond acceptors (Lipinski definition) is 2. The number of fused-ring (bicyclic) bond motifs is 1. The highest BCUT2D eigenvalue weighted by molar-refractivity contribution is 5.85. The van der Waals surface area contributed by atoms with Crippen LogP contribution >= 0.6 is 0 Å². The molecule has 2 nitrogen and oxygen atoms in total. The molecule has 1 N–H and O–H groups in total. The Morgan fingerprint density at radius 3 is 2.39 bits per heavy atom. The summed E-state index contributed by atoms with van der Waals surface area (Å²) < 4.78 is 5.46. The summed E-state index contributed by atoms with van der Waals surface area (Å²) in [5.41, 5.74) is 1.26. The van der Waals surface area contributed by atoms with Crippen molar-refractivity contribution >= 4 is 10.8 Å². The van der Waals surface area contributed by atoms with Gasteiger partial charge in [-0.1, -0.05) is 30.7 Å². The van der Waals surface area contributed by atoms with Crippen LogP contribution in [0, 0.1) is 0 Å². The number of hydrogen-bond donors (Lipinski definition) is 1. The van der Waals surface area contributed by atoms with Crippen molar-refractivity contribution in [3.8, 4) is 5.75 Å². The van der Waals surface area contributed by atoms with Crippen molar-refractivity contribution in [3.63, 3.8) is 0 Å². The summed E-state index contributed by atoms with van der Waals surface area (Å²) in [7, 11) is 1.72. The molecule has 0 amide bonds. The molecule has 2 aromatic rings. The van der Waals surface area contributed by atoms with E-state index >= 15 is 0 Å². The highest BCUT2D eigenvalue weighted by Crippen LogP contribution is 2.27. The molecule has 18 heavy (non-hydrogen) atoms. The van der Waals surface area contributed by atoms with Crippen molar-refractivity contribution in [1.82, 2.24) is 0 Å². The van der Waals surface area contributed by atoms with E-state index in [2.05, 4.69) is 30.3 Å². The van der Waals surface area contributed by atoms with Gasteiger partial charge in [-0.25, -0.2) is 0 Å². The minimum absolute atomic E-state index is 0.287. The summed E-state index contributed by atoms with van der Waals surface area (Å²) in [4.78, 5) is 0. The summed E-state index contributed by atoms with van der Waals surface area (Å²) in [6.45, 7) is 0.287. The monoisotopic (exact) mass is 244 g/mol. The maximum atomic E-state index is 8.78. The Morgan fingerprint density at radius 1 is 1.00 bits per heavy atom. The van der Waals surface area contributed by atoms with Crippen LogP contribution in [0.3, 0.4) is 0 Å². The van der Waals surface area contributed by atoms with Crippen molar-refractivity contribution in [2.24, 2.45) is 0 Å². The number of unbranched alkanes of at least 4 members (excludes halogenated alkanes) is 2. The van der Waals surface area contributed by atoms with Crippen molar-refractivity contribution in [1.29, 1.82) is 0 Å². The maximum Gasteiger partial charge on any atom is 0.122 e. The van der Waals surface area contributed by atoms with Gasteiger partial charge in [-0.2, -0.15) is 0 Å². The van der Waals surface area contributed by atoms with Crippen LogP contribution in [-0.4, -0.2) is 18.8 Å². The molecule has 0 unspecified atom stereocenters. The SMILES string of the molecule is COc1cc2ccccc2cc1CCCCCO. The van der Waals surface area contributed by atoms with Crippen molar-refractivity contribution < 1.29 is 9.84 Å². The first kappa shape index (κ1) is 12.9. The minimum Gasteiger partial charge on any atom is -0.496 e. The number of methoxy groups -OCH3 is 1. The van der Waals surface area contributed by atoms with Gasteiger partial charge < -0.3 is 9.84 Å². The summed E-state index contributed by atoms with van der Waals surface area (Å²) in [5, 5.41) is 11.3. The molecule has 0 heterocycles. The number of rotatable bonds is 6. The second kappa shape index (κ2) is 6.41. The van der Waals surface area contributed by atoms with Crippen molar-refractivity contribution in [3.05, 3.63) is 42.0 Å². The third kappa shape index (κ3) is 3.02. The summed E-state index contributed by atoms with van der Waals surface area (Å²) >= 11 is 0. The van der Waals surface area contributed by atoms with Crippen molar-refractivity contribution in [2.45, 2.75) is 25.7 Å². The second-order valence-electron chi connectivity index (χ2n) is 4.55. The minimum atomic E-state index is 0.287. The zero-order valence-corrected chi connectivity index (χ0v) is 10.9. The van der Waals surface area contributed by atoms with Crippen LogP contribution < -0.4 is 4.74 Å². The third-order valence-corrected chi connectivity index (χ3v) is 3.25. The Balaban J connectivity index is 2.19. The van der Waals surface area contributed by atoms with Crippen LogP contribution in [0.1, 0.15) is 24.8 Å². The highest BCUT2D eigenvalue weighted by Gasteiger charge is 2.05. The van der Waals surface area contributed by atoms with Gasteiger partial charge in [0.1, 0.15) is 5.75 Å². The average Bonchev–Trinajstić information content (AvgIpc) is 2.42. The number of aliphatic hydroxyl groups excluding tert-OH is 1. The van der Waals surface area contributed by atoms with E-state index < -0.39 is 0 Å². The van der Waals surface area contributed by atoms with E-state index in [9.17, 15) is 0 Å². The Hall–Kier alpha value is -1.54. The van der Waals surface area contributed by atoms with Gasteiger partial charge in [0.15, 0.2) is 0 Å². The molecule has 2 rings (SSSR count). The van der Waals surface area contributed by atoms with E-state index in [4.69, 9.17) is 9.84 Å². The van der Waals surface area contributed by atoms with Gasteiger partial charge in [0, 0.05) is 6.61 Å². The number of aryl methyl sites for hydroxylation is 1. The zero-order valence-electron chi connectivity index (χ0n) is 10.9. The molecule has 0 spiro atoms. The number of ether oxygens (including phenoxy) is 1. The van der Waals surface area contributed by atoms with Crippen LogP contribution in [0.25, 0.3) is 10.8 Å². The molecule has 0 fully saturated rings. The van der Waals surface area contributed by atoms with Gasteiger partial charge in [0.05, 0.1) is 7.11 Å². The van der Waals surface area contributed by atoms with Gasteiger partial charge in [-0.15, -0.1) is 0 Å². The topological polar surface area (TPSA) is 29.5 Å². The van der Waals surface area contributed by atoms with Crippen LogP contribution in [0.2, 0.25) is 0 Å². The predicted octanol–water partition coefficient (Wildman–Crippen LogP) is 3.55. The summed E-state index contributed by atoms with van der Waals surface area (Å²) in [6, 6.07) is 12.7. The van der Waals surface area contributed by atoms with Crippen LogP contribution in [0.15, 0.2) is 36.4 Å². The van der Waals surface area contributed by atoms with Gasteiger partial charge in [0.25, 0.3) is 0 Å². The fourth-order valence-corrected chi connectivity index (χ4v) is 2.26. The Morgan fingerprint density at radius 2 is 1.72 bits per heavy atom. The van der Waals surface area contributed by atoms with Gasteiger partial charge in [-0.3, -0.25) is 0 Å². The van der Waals surface area contributed by atoms with E-state index in [1.165, 1.54) is 16.3 Å². The first-order valence-corrected chi connectivity index (χ1v) is 6.51. The fourth-order valence-electron chi connectivity index (χ4n) is 2.26. The smallest absolute Gasteiger partial charge is 0.122 e. The maximum absolute atomic E-state index is 8.78. The molecule has 0 aliphatic rings. The van der Waals surface area contributed by atoms with Crippen LogP contribution in [0.5, 0.6) is 5.75 Å². The molecule has 0 bridgehead atoms. The molecule has 0 aliphatic carbocycles. The predicted molar refractivity (Wildman–Crippen MR) is 75.1 cm³/mol. The summed E-state index contributed by atoms with van der Waals surface area (Å²) in [5.74, 6) is 0.970.